The van der Waals surface area contributed by atoms with Crippen molar-refractivity contribution in [1.82, 2.24) is 0 Å². The van der Waals surface area contributed by atoms with Gasteiger partial charge >= 0.3 is 0 Å². The van der Waals surface area contributed by atoms with Crippen LogP contribution in [0.4, 0.5) is 17.1 Å². The molecule has 0 saturated carbocycles. The molecule has 4 aromatic rings. The molecule has 164 valence electrons. The number of benzene rings is 4. The van der Waals surface area contributed by atoms with E-state index in [1.165, 1.54) is 36.0 Å². The maximum atomic E-state index is 12.3. The number of carbonyl (C=O) groups excluding carboxylic acids is 2. The van der Waals surface area contributed by atoms with Crippen LogP contribution in [0.1, 0.15) is 10.4 Å². The second-order valence-electron chi connectivity index (χ2n) is 7.18. The van der Waals surface area contributed by atoms with E-state index in [4.69, 9.17) is 0 Å². The average molecular weight is 458 g/mol. The fourth-order valence-corrected chi connectivity index (χ4v) is 3.88. The number of carbonyl (C=O) groups is 2. The molecule has 0 fully saturated rings. The summed E-state index contributed by atoms with van der Waals surface area (Å²) < 4.78 is 0. The summed E-state index contributed by atoms with van der Waals surface area (Å²) >= 11 is 1.39. The maximum absolute atomic E-state index is 12.3. The molecule has 4 rings (SSSR count). The van der Waals surface area contributed by atoms with Gasteiger partial charge in [0.1, 0.15) is 0 Å². The molecule has 0 bridgehead atoms. The highest BCUT2D eigenvalue weighted by atomic mass is 32.2. The van der Waals surface area contributed by atoms with Gasteiger partial charge in [0, 0.05) is 34.0 Å². The molecule has 4 aromatic carbocycles. The molecular formula is C25H19N3O4S. The summed E-state index contributed by atoms with van der Waals surface area (Å²) in [5, 5.41) is 18.6. The van der Waals surface area contributed by atoms with Crippen LogP contribution < -0.4 is 10.6 Å². The fourth-order valence-electron chi connectivity index (χ4n) is 3.19. The Kier molecular flexibility index (Phi) is 6.66. The Bertz CT molecular complexity index is 1320. The molecule has 0 saturated heterocycles. The summed E-state index contributed by atoms with van der Waals surface area (Å²) in [5.74, 6) is -0.215. The Labute approximate surface area is 194 Å². The number of anilines is 2. The topological polar surface area (TPSA) is 101 Å². The molecule has 0 heterocycles. The molecule has 0 aliphatic carbocycles. The lowest BCUT2D eigenvalue weighted by molar-refractivity contribution is -0.384. The van der Waals surface area contributed by atoms with E-state index in [9.17, 15) is 19.7 Å². The monoisotopic (exact) mass is 457 g/mol. The summed E-state index contributed by atoms with van der Waals surface area (Å²) in [6.45, 7) is 0. The van der Waals surface area contributed by atoms with Crippen LogP contribution in [0.5, 0.6) is 0 Å². The lowest BCUT2D eigenvalue weighted by Gasteiger charge is -2.08. The van der Waals surface area contributed by atoms with Gasteiger partial charge in [0.25, 0.3) is 11.6 Å². The lowest BCUT2D eigenvalue weighted by atomic mass is 10.1. The molecule has 0 spiro atoms. The van der Waals surface area contributed by atoms with Gasteiger partial charge in [0.2, 0.25) is 5.91 Å². The number of nitro benzene ring substituents is 1. The SMILES string of the molecule is O=C(CSc1ccc(NC(=O)c2ccc([N+](=O)[O-])cc2)cc1)Nc1ccc2ccccc2c1. The number of hydrogen-bond donors (Lipinski definition) is 2. The number of nitrogens with zero attached hydrogens (tertiary/aromatic N) is 1. The molecule has 0 aliphatic heterocycles. The van der Waals surface area contributed by atoms with Crippen molar-refractivity contribution in [2.24, 2.45) is 0 Å². The Morgan fingerprint density at radius 1 is 0.788 bits per heavy atom. The van der Waals surface area contributed by atoms with Crippen molar-refractivity contribution >= 4 is 51.4 Å². The third kappa shape index (κ3) is 5.75. The number of hydrogen-bond acceptors (Lipinski definition) is 5. The van der Waals surface area contributed by atoms with Crippen LogP contribution in [-0.4, -0.2) is 22.5 Å². The van der Waals surface area contributed by atoms with Crippen molar-refractivity contribution in [1.29, 1.82) is 0 Å². The summed E-state index contributed by atoms with van der Waals surface area (Å²) in [6, 6.07) is 26.3. The molecule has 8 heteroatoms. The van der Waals surface area contributed by atoms with Crippen LogP contribution in [0.15, 0.2) is 95.9 Å². The number of nitrogens with one attached hydrogen (secondary N) is 2. The minimum absolute atomic E-state index is 0.0717. The standard InChI is InChI=1S/C25H19N3O4S/c29-24(26-21-8-5-17-3-1-2-4-19(17)15-21)16-33-23-13-9-20(10-14-23)27-25(30)18-6-11-22(12-7-18)28(31)32/h1-15H,16H2,(H,26,29)(H,27,30). The number of amides is 2. The first kappa shape index (κ1) is 22.0. The van der Waals surface area contributed by atoms with E-state index in [1.54, 1.807) is 12.1 Å². The lowest BCUT2D eigenvalue weighted by Crippen LogP contribution is -2.14. The average Bonchev–Trinajstić information content (AvgIpc) is 2.83. The zero-order chi connectivity index (χ0) is 23.2. The molecule has 33 heavy (non-hydrogen) atoms. The number of fused-ring (bicyclic) bond motifs is 1. The summed E-state index contributed by atoms with van der Waals surface area (Å²) in [7, 11) is 0. The van der Waals surface area contributed by atoms with Crippen molar-refractivity contribution in [2.75, 3.05) is 16.4 Å². The zero-order valence-electron chi connectivity index (χ0n) is 17.4. The molecule has 0 unspecified atom stereocenters. The molecule has 0 atom stereocenters. The first-order valence-corrected chi connectivity index (χ1v) is 11.0. The van der Waals surface area contributed by atoms with Gasteiger partial charge in [-0.05, 0) is 59.3 Å². The Morgan fingerprint density at radius 3 is 2.15 bits per heavy atom. The summed E-state index contributed by atoms with van der Waals surface area (Å²) in [6.07, 6.45) is 0. The van der Waals surface area contributed by atoms with Crippen LogP contribution in [0.2, 0.25) is 0 Å². The second kappa shape index (κ2) is 9.97. The second-order valence-corrected chi connectivity index (χ2v) is 8.23. The van der Waals surface area contributed by atoms with Gasteiger partial charge in [0.05, 0.1) is 10.7 Å². The van der Waals surface area contributed by atoms with Gasteiger partial charge in [-0.2, -0.15) is 0 Å². The van der Waals surface area contributed by atoms with E-state index in [1.807, 2.05) is 54.6 Å². The summed E-state index contributed by atoms with van der Waals surface area (Å²) in [4.78, 5) is 35.7. The predicted octanol–water partition coefficient (Wildman–Crippen LogP) is 5.73. The van der Waals surface area contributed by atoms with Crippen LogP contribution in [0, 0.1) is 10.1 Å². The normalized spacial score (nSPS) is 10.5. The van der Waals surface area contributed by atoms with Crippen LogP contribution in [0.25, 0.3) is 10.8 Å². The van der Waals surface area contributed by atoms with E-state index < -0.39 is 4.92 Å². The van der Waals surface area contributed by atoms with E-state index in [0.29, 0.717) is 11.3 Å². The Hall–Kier alpha value is -4.17. The minimum atomic E-state index is -0.514. The number of non-ortho nitro benzene ring substituents is 1. The highest BCUT2D eigenvalue weighted by Crippen LogP contribution is 2.23. The largest absolute Gasteiger partial charge is 0.325 e. The van der Waals surface area contributed by atoms with Gasteiger partial charge in [-0.25, -0.2) is 0 Å². The third-order valence-electron chi connectivity index (χ3n) is 4.86. The van der Waals surface area contributed by atoms with Crippen molar-refractivity contribution in [2.45, 2.75) is 4.90 Å². The van der Waals surface area contributed by atoms with Crippen molar-refractivity contribution in [3.05, 3.63) is 107 Å². The zero-order valence-corrected chi connectivity index (χ0v) is 18.2. The van der Waals surface area contributed by atoms with Crippen molar-refractivity contribution in [3.8, 4) is 0 Å². The van der Waals surface area contributed by atoms with Crippen LogP contribution >= 0.6 is 11.8 Å². The quantitative estimate of drug-likeness (QED) is 0.210. The molecule has 2 amide bonds. The van der Waals surface area contributed by atoms with Crippen molar-refractivity contribution in [3.63, 3.8) is 0 Å². The first-order valence-electron chi connectivity index (χ1n) is 10.1. The smallest absolute Gasteiger partial charge is 0.269 e. The molecular weight excluding hydrogens is 438 g/mol. The number of nitro groups is 1. The van der Waals surface area contributed by atoms with Crippen LogP contribution in [0.3, 0.4) is 0 Å². The molecule has 0 aromatic heterocycles. The van der Waals surface area contributed by atoms with Gasteiger partial charge in [-0.3, -0.25) is 19.7 Å². The molecule has 2 N–H and O–H groups in total. The minimum Gasteiger partial charge on any atom is -0.325 e. The van der Waals surface area contributed by atoms with Gasteiger partial charge in [0.15, 0.2) is 0 Å². The highest BCUT2D eigenvalue weighted by molar-refractivity contribution is 8.00. The van der Waals surface area contributed by atoms with Gasteiger partial charge in [-0.1, -0.05) is 30.3 Å². The Morgan fingerprint density at radius 2 is 1.45 bits per heavy atom. The number of rotatable bonds is 7. The van der Waals surface area contributed by atoms with Crippen molar-refractivity contribution < 1.29 is 14.5 Å². The predicted molar refractivity (Wildman–Crippen MR) is 131 cm³/mol. The molecule has 0 aliphatic rings. The maximum Gasteiger partial charge on any atom is 0.269 e. The first-order chi connectivity index (χ1) is 16.0. The molecule has 7 nitrogen and oxygen atoms in total. The van der Waals surface area contributed by atoms with Crippen LogP contribution in [-0.2, 0) is 4.79 Å². The van der Waals surface area contributed by atoms with E-state index >= 15 is 0 Å². The van der Waals surface area contributed by atoms with Gasteiger partial charge in [-0.15, -0.1) is 11.8 Å². The van der Waals surface area contributed by atoms with E-state index in [2.05, 4.69) is 10.6 Å². The fraction of sp³-hybridized carbons (Fsp3) is 0.0400. The molecule has 0 radical (unpaired) electrons. The van der Waals surface area contributed by atoms with Gasteiger partial charge < -0.3 is 10.6 Å². The summed E-state index contributed by atoms with van der Waals surface area (Å²) in [5.41, 5.74) is 1.59. The van der Waals surface area contributed by atoms with E-state index in [0.717, 1.165) is 21.4 Å². The Balaban J connectivity index is 1.29. The highest BCUT2D eigenvalue weighted by Gasteiger charge is 2.10. The third-order valence-corrected chi connectivity index (χ3v) is 5.87. The van der Waals surface area contributed by atoms with E-state index in [-0.39, 0.29) is 23.3 Å². The number of thioether (sulfide) groups is 1.